The first-order valence-electron chi connectivity index (χ1n) is 8.29. The summed E-state index contributed by atoms with van der Waals surface area (Å²) >= 11 is 0. The van der Waals surface area contributed by atoms with E-state index in [0.29, 0.717) is 6.04 Å². The standard InChI is InChI=1S/C19H25N3O/c1-14-4-5-15(2)22(14)18-8-6-16(7-9-18)19(23)20-17-10-12-21(3)13-11-17/h4-9,17H,10-13H2,1-3H3,(H,20,23). The van der Waals surface area contributed by atoms with Crippen LogP contribution in [-0.2, 0) is 0 Å². The summed E-state index contributed by atoms with van der Waals surface area (Å²) in [6.07, 6.45) is 2.06. The normalized spacial score (nSPS) is 16.5. The van der Waals surface area contributed by atoms with Crippen LogP contribution in [0.25, 0.3) is 5.69 Å². The number of rotatable bonds is 3. The molecule has 1 aliphatic heterocycles. The van der Waals surface area contributed by atoms with Gasteiger partial charge in [0.05, 0.1) is 0 Å². The number of carbonyl (C=O) groups is 1. The van der Waals surface area contributed by atoms with Crippen molar-refractivity contribution in [3.05, 3.63) is 53.3 Å². The molecule has 0 unspecified atom stereocenters. The van der Waals surface area contributed by atoms with Crippen LogP contribution in [0.4, 0.5) is 0 Å². The van der Waals surface area contributed by atoms with E-state index in [1.54, 1.807) is 0 Å². The number of benzene rings is 1. The van der Waals surface area contributed by atoms with E-state index >= 15 is 0 Å². The summed E-state index contributed by atoms with van der Waals surface area (Å²) in [4.78, 5) is 14.7. The first-order valence-corrected chi connectivity index (χ1v) is 8.29. The Hall–Kier alpha value is -2.07. The van der Waals surface area contributed by atoms with Gasteiger partial charge < -0.3 is 14.8 Å². The third-order valence-electron chi connectivity index (χ3n) is 4.71. The Kier molecular flexibility index (Phi) is 4.53. The Morgan fingerprint density at radius 2 is 1.57 bits per heavy atom. The molecule has 3 rings (SSSR count). The number of amides is 1. The summed E-state index contributed by atoms with van der Waals surface area (Å²) in [7, 11) is 2.13. The fourth-order valence-electron chi connectivity index (χ4n) is 3.26. The number of hydrogen-bond acceptors (Lipinski definition) is 2. The topological polar surface area (TPSA) is 37.3 Å². The monoisotopic (exact) mass is 311 g/mol. The van der Waals surface area contributed by atoms with E-state index in [4.69, 9.17) is 0 Å². The molecule has 0 saturated carbocycles. The van der Waals surface area contributed by atoms with Crippen LogP contribution >= 0.6 is 0 Å². The molecule has 0 bridgehead atoms. The first kappa shape index (κ1) is 15.8. The molecular formula is C19H25N3O. The third-order valence-corrected chi connectivity index (χ3v) is 4.71. The number of aryl methyl sites for hydroxylation is 2. The zero-order valence-electron chi connectivity index (χ0n) is 14.2. The van der Waals surface area contributed by atoms with E-state index in [1.165, 1.54) is 11.4 Å². The number of aromatic nitrogens is 1. The summed E-state index contributed by atoms with van der Waals surface area (Å²) in [5.74, 6) is 0.0343. The third kappa shape index (κ3) is 3.48. The molecule has 4 nitrogen and oxygen atoms in total. The molecule has 1 aromatic heterocycles. The highest BCUT2D eigenvalue weighted by Crippen LogP contribution is 2.17. The van der Waals surface area contributed by atoms with Crippen LogP contribution in [-0.4, -0.2) is 41.6 Å². The van der Waals surface area contributed by atoms with Crippen LogP contribution in [0.15, 0.2) is 36.4 Å². The van der Waals surface area contributed by atoms with Crippen molar-refractivity contribution in [3.8, 4) is 5.69 Å². The lowest BCUT2D eigenvalue weighted by molar-refractivity contribution is 0.0917. The van der Waals surface area contributed by atoms with E-state index < -0.39 is 0 Å². The molecule has 2 heterocycles. The van der Waals surface area contributed by atoms with Gasteiger partial charge >= 0.3 is 0 Å². The largest absolute Gasteiger partial charge is 0.349 e. The molecule has 1 amide bonds. The van der Waals surface area contributed by atoms with E-state index in [2.05, 4.69) is 47.8 Å². The number of hydrogen-bond donors (Lipinski definition) is 1. The van der Waals surface area contributed by atoms with Gasteiger partial charge in [0.2, 0.25) is 0 Å². The molecule has 23 heavy (non-hydrogen) atoms. The van der Waals surface area contributed by atoms with Crippen molar-refractivity contribution in [3.63, 3.8) is 0 Å². The molecule has 1 N–H and O–H groups in total. The summed E-state index contributed by atoms with van der Waals surface area (Å²) in [6.45, 7) is 6.29. The van der Waals surface area contributed by atoms with Crippen molar-refractivity contribution < 1.29 is 4.79 Å². The van der Waals surface area contributed by atoms with Gasteiger partial charge in [-0.1, -0.05) is 0 Å². The molecule has 1 saturated heterocycles. The SMILES string of the molecule is Cc1ccc(C)n1-c1ccc(C(=O)NC2CCN(C)CC2)cc1. The quantitative estimate of drug-likeness (QED) is 0.946. The zero-order valence-corrected chi connectivity index (χ0v) is 14.2. The van der Waals surface area contributed by atoms with E-state index in [-0.39, 0.29) is 5.91 Å². The average molecular weight is 311 g/mol. The fourth-order valence-corrected chi connectivity index (χ4v) is 3.26. The maximum atomic E-state index is 12.4. The smallest absolute Gasteiger partial charge is 0.251 e. The molecule has 0 aliphatic carbocycles. The highest BCUT2D eigenvalue weighted by Gasteiger charge is 2.19. The predicted molar refractivity (Wildman–Crippen MR) is 93.2 cm³/mol. The van der Waals surface area contributed by atoms with Gasteiger partial charge in [0.1, 0.15) is 0 Å². The molecule has 0 spiro atoms. The lowest BCUT2D eigenvalue weighted by Gasteiger charge is -2.29. The van der Waals surface area contributed by atoms with Crippen LogP contribution in [0.2, 0.25) is 0 Å². The van der Waals surface area contributed by atoms with Crippen molar-refractivity contribution >= 4 is 5.91 Å². The van der Waals surface area contributed by atoms with Crippen molar-refractivity contribution in [1.82, 2.24) is 14.8 Å². The number of likely N-dealkylation sites (tertiary alicyclic amines) is 1. The maximum Gasteiger partial charge on any atom is 0.251 e. The fraction of sp³-hybridized carbons (Fsp3) is 0.421. The maximum absolute atomic E-state index is 12.4. The van der Waals surface area contributed by atoms with Gasteiger partial charge in [-0.25, -0.2) is 0 Å². The minimum absolute atomic E-state index is 0.0343. The highest BCUT2D eigenvalue weighted by molar-refractivity contribution is 5.94. The lowest BCUT2D eigenvalue weighted by atomic mass is 10.0. The van der Waals surface area contributed by atoms with Crippen LogP contribution in [0, 0.1) is 13.8 Å². The second-order valence-corrected chi connectivity index (χ2v) is 6.55. The summed E-state index contributed by atoms with van der Waals surface area (Å²) in [5, 5.41) is 3.16. The molecule has 0 atom stereocenters. The van der Waals surface area contributed by atoms with Gasteiger partial charge in [-0.3, -0.25) is 4.79 Å². The molecule has 0 radical (unpaired) electrons. The summed E-state index contributed by atoms with van der Waals surface area (Å²) in [6, 6.07) is 12.4. The van der Waals surface area contributed by atoms with Gasteiger partial charge in [0.15, 0.2) is 0 Å². The molecular weight excluding hydrogens is 286 g/mol. The van der Waals surface area contributed by atoms with Crippen LogP contribution < -0.4 is 5.32 Å². The van der Waals surface area contributed by atoms with Gasteiger partial charge in [-0.15, -0.1) is 0 Å². The Morgan fingerprint density at radius 3 is 2.13 bits per heavy atom. The van der Waals surface area contributed by atoms with Crippen molar-refractivity contribution in [1.29, 1.82) is 0 Å². The first-order chi connectivity index (χ1) is 11.0. The van der Waals surface area contributed by atoms with Crippen molar-refractivity contribution in [2.45, 2.75) is 32.7 Å². The Balaban J connectivity index is 1.68. The van der Waals surface area contributed by atoms with Crippen molar-refractivity contribution in [2.75, 3.05) is 20.1 Å². The second kappa shape index (κ2) is 6.59. The second-order valence-electron chi connectivity index (χ2n) is 6.55. The van der Waals surface area contributed by atoms with Crippen LogP contribution in [0.5, 0.6) is 0 Å². The van der Waals surface area contributed by atoms with Gasteiger partial charge in [0, 0.05) is 28.7 Å². The van der Waals surface area contributed by atoms with E-state index in [0.717, 1.165) is 37.2 Å². The van der Waals surface area contributed by atoms with Crippen molar-refractivity contribution in [2.24, 2.45) is 0 Å². The minimum Gasteiger partial charge on any atom is -0.349 e. The highest BCUT2D eigenvalue weighted by atomic mass is 16.1. The molecule has 1 aromatic carbocycles. The lowest BCUT2D eigenvalue weighted by Crippen LogP contribution is -2.43. The molecule has 122 valence electrons. The number of nitrogens with one attached hydrogen (secondary N) is 1. The molecule has 2 aromatic rings. The predicted octanol–water partition coefficient (Wildman–Crippen LogP) is 2.92. The van der Waals surface area contributed by atoms with Gasteiger partial charge in [-0.2, -0.15) is 0 Å². The Bertz CT molecular complexity index is 660. The number of nitrogens with zero attached hydrogens (tertiary/aromatic N) is 2. The van der Waals surface area contributed by atoms with Crippen LogP contribution in [0.3, 0.4) is 0 Å². The Morgan fingerprint density at radius 1 is 1.00 bits per heavy atom. The van der Waals surface area contributed by atoms with Gasteiger partial charge in [0.25, 0.3) is 5.91 Å². The summed E-state index contributed by atoms with van der Waals surface area (Å²) in [5.41, 5.74) is 4.23. The summed E-state index contributed by atoms with van der Waals surface area (Å²) < 4.78 is 2.19. The molecule has 1 aliphatic rings. The average Bonchev–Trinajstić information content (AvgIpc) is 2.88. The molecule has 1 fully saturated rings. The van der Waals surface area contributed by atoms with Crippen LogP contribution in [0.1, 0.15) is 34.6 Å². The number of piperidine rings is 1. The minimum atomic E-state index is 0.0343. The Labute approximate surface area is 138 Å². The van der Waals surface area contributed by atoms with Gasteiger partial charge in [-0.05, 0) is 83.2 Å². The molecule has 4 heteroatoms. The zero-order chi connectivity index (χ0) is 16.4. The van der Waals surface area contributed by atoms with E-state index in [1.807, 2.05) is 24.3 Å². The number of carbonyl (C=O) groups excluding carboxylic acids is 1. The van der Waals surface area contributed by atoms with E-state index in [9.17, 15) is 4.79 Å².